The maximum atomic E-state index is 13.0. The fraction of sp³-hybridized carbons (Fsp3) is 0.200. The number of rotatable bonds is 4. The number of halogens is 6. The molecular formula is C10H6ClF5O. The summed E-state index contributed by atoms with van der Waals surface area (Å²) < 4.78 is 68.5. The van der Waals surface area contributed by atoms with Crippen molar-refractivity contribution in [2.75, 3.05) is 12.5 Å². The molecule has 0 aliphatic heterocycles. The van der Waals surface area contributed by atoms with Gasteiger partial charge in [0.2, 0.25) is 29.1 Å². The minimum absolute atomic E-state index is 0.139. The summed E-state index contributed by atoms with van der Waals surface area (Å²) in [6.45, 7) is -0.356. The molecule has 0 amide bonds. The van der Waals surface area contributed by atoms with Crippen LogP contribution in [0.1, 0.15) is 0 Å². The number of hydrogen-bond acceptors (Lipinski definition) is 1. The zero-order valence-electron chi connectivity index (χ0n) is 8.24. The van der Waals surface area contributed by atoms with E-state index in [0.717, 1.165) is 0 Å². The van der Waals surface area contributed by atoms with E-state index in [4.69, 9.17) is 11.6 Å². The molecule has 17 heavy (non-hydrogen) atoms. The maximum Gasteiger partial charge on any atom is 0.207 e. The Morgan fingerprint density at radius 3 is 1.76 bits per heavy atom. The molecule has 0 aromatic heterocycles. The molecule has 0 heterocycles. The van der Waals surface area contributed by atoms with Crippen molar-refractivity contribution in [3.05, 3.63) is 41.2 Å². The molecule has 1 rings (SSSR count). The van der Waals surface area contributed by atoms with Crippen molar-refractivity contribution in [3.63, 3.8) is 0 Å². The molecule has 7 heteroatoms. The number of ether oxygens (including phenoxy) is 1. The first-order valence-corrected chi connectivity index (χ1v) is 4.89. The third-order valence-corrected chi connectivity index (χ3v) is 1.93. The normalized spacial score (nSPS) is 11.2. The first-order chi connectivity index (χ1) is 8.00. The van der Waals surface area contributed by atoms with E-state index >= 15 is 0 Å². The highest BCUT2D eigenvalue weighted by Gasteiger charge is 2.26. The molecule has 94 valence electrons. The summed E-state index contributed by atoms with van der Waals surface area (Å²) >= 11 is 5.26. The van der Waals surface area contributed by atoms with Crippen LogP contribution in [0.4, 0.5) is 22.0 Å². The van der Waals surface area contributed by atoms with Gasteiger partial charge in [-0.3, -0.25) is 0 Å². The van der Waals surface area contributed by atoms with Crippen molar-refractivity contribution >= 4 is 11.6 Å². The van der Waals surface area contributed by atoms with Crippen LogP contribution in [0.5, 0.6) is 5.75 Å². The van der Waals surface area contributed by atoms with E-state index in [-0.39, 0.29) is 12.5 Å². The number of allylic oxidation sites excluding steroid dienone is 1. The summed E-state index contributed by atoms with van der Waals surface area (Å²) in [6.07, 6.45) is 2.68. The largest absolute Gasteiger partial charge is 0.483 e. The van der Waals surface area contributed by atoms with Gasteiger partial charge in [0.1, 0.15) is 6.61 Å². The topological polar surface area (TPSA) is 9.23 Å². The molecule has 0 radical (unpaired) electrons. The lowest BCUT2D eigenvalue weighted by molar-refractivity contribution is 0.287. The van der Waals surface area contributed by atoms with Crippen molar-refractivity contribution in [2.24, 2.45) is 0 Å². The summed E-state index contributed by atoms with van der Waals surface area (Å²) in [5, 5.41) is 0. The van der Waals surface area contributed by atoms with E-state index in [0.29, 0.717) is 0 Å². The zero-order chi connectivity index (χ0) is 13.0. The summed E-state index contributed by atoms with van der Waals surface area (Å²) in [4.78, 5) is 0. The average molecular weight is 273 g/mol. The van der Waals surface area contributed by atoms with Gasteiger partial charge in [0, 0.05) is 5.88 Å². The summed E-state index contributed by atoms with van der Waals surface area (Å²) in [5.74, 6) is -11.5. The van der Waals surface area contributed by atoms with Crippen LogP contribution in [0.15, 0.2) is 12.2 Å². The van der Waals surface area contributed by atoms with E-state index in [1.807, 2.05) is 0 Å². The standard InChI is InChI=1S/C10H6ClF5O/c11-3-1-2-4-17-10-8(15)6(13)5(12)7(14)9(10)16/h1-2H,3-4H2. The fourth-order valence-electron chi connectivity index (χ4n) is 0.974. The molecule has 1 aromatic carbocycles. The lowest BCUT2D eigenvalue weighted by Gasteiger charge is -2.08. The van der Waals surface area contributed by atoms with E-state index in [1.165, 1.54) is 12.2 Å². The van der Waals surface area contributed by atoms with Gasteiger partial charge in [-0.2, -0.15) is 8.78 Å². The molecule has 0 bridgehead atoms. The second-order valence-corrected chi connectivity index (χ2v) is 3.14. The molecule has 0 aliphatic carbocycles. The Bertz CT molecular complexity index is 418. The van der Waals surface area contributed by atoms with Gasteiger partial charge < -0.3 is 4.74 Å². The Labute approximate surface area is 98.4 Å². The highest BCUT2D eigenvalue weighted by Crippen LogP contribution is 2.28. The first-order valence-electron chi connectivity index (χ1n) is 4.35. The molecule has 0 saturated carbocycles. The number of benzene rings is 1. The van der Waals surface area contributed by atoms with Crippen molar-refractivity contribution in [3.8, 4) is 5.75 Å². The second-order valence-electron chi connectivity index (χ2n) is 2.84. The molecule has 0 fully saturated rings. The quantitative estimate of drug-likeness (QED) is 0.268. The van der Waals surface area contributed by atoms with Gasteiger partial charge in [-0.05, 0) is 0 Å². The van der Waals surface area contributed by atoms with Crippen molar-refractivity contribution in [1.82, 2.24) is 0 Å². The van der Waals surface area contributed by atoms with Crippen molar-refractivity contribution in [1.29, 1.82) is 0 Å². The van der Waals surface area contributed by atoms with Crippen LogP contribution in [0.2, 0.25) is 0 Å². The zero-order valence-corrected chi connectivity index (χ0v) is 9.00. The minimum Gasteiger partial charge on any atom is -0.483 e. The van der Waals surface area contributed by atoms with Gasteiger partial charge in [-0.1, -0.05) is 12.2 Å². The van der Waals surface area contributed by atoms with E-state index in [9.17, 15) is 22.0 Å². The van der Waals surface area contributed by atoms with E-state index < -0.39 is 34.8 Å². The van der Waals surface area contributed by atoms with Crippen LogP contribution in [0, 0.1) is 29.1 Å². The average Bonchev–Trinajstić information content (AvgIpc) is 2.33. The maximum absolute atomic E-state index is 13.0. The van der Waals surface area contributed by atoms with Gasteiger partial charge in [0.05, 0.1) is 0 Å². The Balaban J connectivity index is 3.03. The van der Waals surface area contributed by atoms with Crippen LogP contribution in [-0.4, -0.2) is 12.5 Å². The van der Waals surface area contributed by atoms with Crippen LogP contribution >= 0.6 is 11.6 Å². The lowest BCUT2D eigenvalue weighted by Crippen LogP contribution is -2.06. The molecule has 1 nitrogen and oxygen atoms in total. The fourth-order valence-corrected chi connectivity index (χ4v) is 1.10. The SMILES string of the molecule is Fc1c(F)c(F)c(OCC=CCCl)c(F)c1F. The minimum atomic E-state index is -2.22. The van der Waals surface area contributed by atoms with Crippen LogP contribution in [0.25, 0.3) is 0 Å². The Morgan fingerprint density at radius 1 is 0.824 bits per heavy atom. The van der Waals surface area contributed by atoms with Crippen LogP contribution in [-0.2, 0) is 0 Å². The highest BCUT2D eigenvalue weighted by atomic mass is 35.5. The molecule has 0 spiro atoms. The Hall–Kier alpha value is -1.30. The molecule has 0 N–H and O–H groups in total. The van der Waals surface area contributed by atoms with Gasteiger partial charge in [0.25, 0.3) is 0 Å². The summed E-state index contributed by atoms with van der Waals surface area (Å²) in [7, 11) is 0. The highest BCUT2D eigenvalue weighted by molar-refractivity contribution is 6.18. The predicted octanol–water partition coefficient (Wildman–Crippen LogP) is 3.56. The number of hydrogen-bond donors (Lipinski definition) is 0. The van der Waals surface area contributed by atoms with Gasteiger partial charge in [0.15, 0.2) is 5.75 Å². The third-order valence-electron chi connectivity index (χ3n) is 1.75. The molecule has 0 saturated heterocycles. The predicted molar refractivity (Wildman–Crippen MR) is 51.6 cm³/mol. The van der Waals surface area contributed by atoms with Crippen molar-refractivity contribution < 1.29 is 26.7 Å². The van der Waals surface area contributed by atoms with Crippen LogP contribution in [0.3, 0.4) is 0 Å². The second kappa shape index (κ2) is 5.86. The lowest BCUT2D eigenvalue weighted by atomic mass is 10.2. The van der Waals surface area contributed by atoms with Crippen molar-refractivity contribution in [2.45, 2.75) is 0 Å². The molecule has 0 atom stereocenters. The monoisotopic (exact) mass is 272 g/mol. The first kappa shape index (κ1) is 13.8. The molecule has 0 aliphatic rings. The van der Waals surface area contributed by atoms with Gasteiger partial charge in [-0.15, -0.1) is 11.6 Å². The van der Waals surface area contributed by atoms with E-state index in [1.54, 1.807) is 0 Å². The van der Waals surface area contributed by atoms with Crippen LogP contribution < -0.4 is 4.74 Å². The smallest absolute Gasteiger partial charge is 0.207 e. The van der Waals surface area contributed by atoms with Gasteiger partial charge >= 0.3 is 0 Å². The summed E-state index contributed by atoms with van der Waals surface area (Å²) in [5.41, 5.74) is 0. The Morgan fingerprint density at radius 2 is 1.29 bits per heavy atom. The van der Waals surface area contributed by atoms with Gasteiger partial charge in [-0.25, -0.2) is 13.2 Å². The van der Waals surface area contributed by atoms with E-state index in [2.05, 4.69) is 4.74 Å². The molecule has 0 unspecified atom stereocenters. The third kappa shape index (κ3) is 2.88. The molecule has 1 aromatic rings. The number of alkyl halides is 1. The summed E-state index contributed by atoms with van der Waals surface area (Å²) in [6, 6.07) is 0. The Kier molecular flexibility index (Phi) is 4.74. The molecular weight excluding hydrogens is 267 g/mol.